The first-order chi connectivity index (χ1) is 10.6. The lowest BCUT2D eigenvalue weighted by atomic mass is 9.96. The van der Waals surface area contributed by atoms with Crippen molar-refractivity contribution in [3.8, 4) is 0 Å². The summed E-state index contributed by atoms with van der Waals surface area (Å²) in [5, 5.41) is 2.81. The number of nitrogens with one attached hydrogen (secondary N) is 1. The molecule has 1 aromatic rings. The minimum atomic E-state index is -0.122. The molecule has 2 rings (SSSR count). The van der Waals surface area contributed by atoms with Crippen LogP contribution in [0.3, 0.4) is 0 Å². The molecule has 23 heavy (non-hydrogen) atoms. The van der Waals surface area contributed by atoms with E-state index in [1.807, 2.05) is 24.3 Å². The molecule has 1 unspecified atom stereocenters. The Labute approximate surface area is 151 Å². The van der Waals surface area contributed by atoms with E-state index in [1.54, 1.807) is 4.90 Å². The first kappa shape index (κ1) is 19.9. The molecular formula is C16H23BrClN3O2. The van der Waals surface area contributed by atoms with Crippen molar-refractivity contribution in [2.24, 2.45) is 11.7 Å². The molecule has 0 saturated carbocycles. The number of nitrogens with zero attached hydrogens (tertiary/aromatic N) is 1. The molecule has 1 heterocycles. The van der Waals surface area contributed by atoms with Gasteiger partial charge in [0.15, 0.2) is 0 Å². The smallest absolute Gasteiger partial charge is 0.227 e. The number of piperidine rings is 1. The highest BCUT2D eigenvalue weighted by Gasteiger charge is 2.28. The van der Waals surface area contributed by atoms with Crippen molar-refractivity contribution in [1.29, 1.82) is 0 Å². The zero-order valence-electron chi connectivity index (χ0n) is 13.0. The van der Waals surface area contributed by atoms with Crippen LogP contribution in [0.5, 0.6) is 0 Å². The number of carbonyl (C=O) groups excluding carboxylic acids is 2. The van der Waals surface area contributed by atoms with Gasteiger partial charge in [0.1, 0.15) is 0 Å². The summed E-state index contributed by atoms with van der Waals surface area (Å²) in [7, 11) is 0. The van der Waals surface area contributed by atoms with E-state index < -0.39 is 0 Å². The number of nitrogens with two attached hydrogens (primary N) is 1. The van der Waals surface area contributed by atoms with E-state index in [0.717, 1.165) is 29.4 Å². The predicted molar refractivity (Wildman–Crippen MR) is 96.5 cm³/mol. The zero-order chi connectivity index (χ0) is 15.9. The molecule has 1 atom stereocenters. The van der Waals surface area contributed by atoms with Gasteiger partial charge in [-0.2, -0.15) is 0 Å². The zero-order valence-corrected chi connectivity index (χ0v) is 15.4. The number of amides is 2. The lowest BCUT2D eigenvalue weighted by Crippen LogP contribution is -2.46. The highest BCUT2D eigenvalue weighted by Crippen LogP contribution is 2.20. The quantitative estimate of drug-likeness (QED) is 0.785. The molecule has 0 aromatic heterocycles. The average molecular weight is 405 g/mol. The van der Waals surface area contributed by atoms with E-state index in [2.05, 4.69) is 21.2 Å². The number of carbonyl (C=O) groups is 2. The SMILES string of the molecule is Cl.NCCNC(=O)C1CCCN(C(=O)Cc2ccccc2Br)C1. The molecule has 128 valence electrons. The molecule has 0 aliphatic carbocycles. The first-order valence-corrected chi connectivity index (χ1v) is 8.40. The van der Waals surface area contributed by atoms with Gasteiger partial charge in [0, 0.05) is 30.7 Å². The standard InChI is InChI=1S/C16H22BrN3O2.ClH/c17-14-6-2-1-4-12(14)10-15(21)20-9-3-5-13(11-20)16(22)19-8-7-18;/h1-2,4,6,13H,3,5,7-11,18H2,(H,19,22);1H. The predicted octanol–water partition coefficient (Wildman–Crippen LogP) is 1.73. The Kier molecular flexibility index (Phi) is 8.58. The summed E-state index contributed by atoms with van der Waals surface area (Å²) < 4.78 is 0.942. The van der Waals surface area contributed by atoms with Gasteiger partial charge in [-0.05, 0) is 24.5 Å². The molecule has 1 aromatic carbocycles. The Morgan fingerprint density at radius 3 is 2.78 bits per heavy atom. The maximum atomic E-state index is 12.5. The number of hydrogen-bond donors (Lipinski definition) is 2. The molecule has 7 heteroatoms. The van der Waals surface area contributed by atoms with Gasteiger partial charge in [-0.1, -0.05) is 34.1 Å². The number of hydrogen-bond acceptors (Lipinski definition) is 3. The monoisotopic (exact) mass is 403 g/mol. The normalized spacial score (nSPS) is 17.3. The second-order valence-corrected chi connectivity index (χ2v) is 6.38. The first-order valence-electron chi connectivity index (χ1n) is 7.60. The van der Waals surface area contributed by atoms with Crippen LogP contribution in [0.15, 0.2) is 28.7 Å². The van der Waals surface area contributed by atoms with Gasteiger partial charge in [-0.3, -0.25) is 9.59 Å². The van der Waals surface area contributed by atoms with E-state index in [9.17, 15) is 9.59 Å². The second kappa shape index (κ2) is 9.90. The summed E-state index contributed by atoms with van der Waals surface area (Å²) in [6.45, 7) is 2.15. The van der Waals surface area contributed by atoms with E-state index in [1.165, 1.54) is 0 Å². The van der Waals surface area contributed by atoms with E-state index in [4.69, 9.17) is 5.73 Å². The van der Waals surface area contributed by atoms with Crippen LogP contribution < -0.4 is 11.1 Å². The van der Waals surface area contributed by atoms with Gasteiger partial charge >= 0.3 is 0 Å². The molecule has 1 saturated heterocycles. The fourth-order valence-corrected chi connectivity index (χ4v) is 3.10. The van der Waals surface area contributed by atoms with Gasteiger partial charge in [0.05, 0.1) is 12.3 Å². The number of likely N-dealkylation sites (tertiary alicyclic amines) is 1. The molecule has 2 amide bonds. The number of rotatable bonds is 5. The van der Waals surface area contributed by atoms with Crippen molar-refractivity contribution < 1.29 is 9.59 Å². The molecule has 0 radical (unpaired) electrons. The molecular weight excluding hydrogens is 382 g/mol. The highest BCUT2D eigenvalue weighted by molar-refractivity contribution is 9.10. The molecule has 0 bridgehead atoms. The summed E-state index contributed by atoms with van der Waals surface area (Å²) in [4.78, 5) is 26.3. The molecule has 0 spiro atoms. The van der Waals surface area contributed by atoms with Crippen molar-refractivity contribution in [2.45, 2.75) is 19.3 Å². The summed E-state index contributed by atoms with van der Waals surface area (Å²) in [6, 6.07) is 7.72. The molecule has 1 fully saturated rings. The van der Waals surface area contributed by atoms with Gasteiger partial charge in [-0.25, -0.2) is 0 Å². The van der Waals surface area contributed by atoms with Crippen LogP contribution in [0.4, 0.5) is 0 Å². The Morgan fingerprint density at radius 1 is 1.35 bits per heavy atom. The number of halogens is 2. The summed E-state index contributed by atoms with van der Waals surface area (Å²) in [5.74, 6) is -0.0458. The largest absolute Gasteiger partial charge is 0.355 e. The van der Waals surface area contributed by atoms with Crippen LogP contribution in [-0.4, -0.2) is 42.9 Å². The van der Waals surface area contributed by atoms with Crippen LogP contribution in [0, 0.1) is 5.92 Å². The Morgan fingerprint density at radius 2 is 2.09 bits per heavy atom. The third-order valence-electron chi connectivity index (χ3n) is 3.89. The fourth-order valence-electron chi connectivity index (χ4n) is 2.67. The van der Waals surface area contributed by atoms with Crippen molar-refractivity contribution in [3.05, 3.63) is 34.3 Å². The summed E-state index contributed by atoms with van der Waals surface area (Å²) in [5.41, 5.74) is 6.37. The molecule has 1 aliphatic rings. The van der Waals surface area contributed by atoms with Gasteiger partial charge in [0.25, 0.3) is 0 Å². The van der Waals surface area contributed by atoms with Crippen LogP contribution in [0.1, 0.15) is 18.4 Å². The van der Waals surface area contributed by atoms with Gasteiger partial charge in [0.2, 0.25) is 11.8 Å². The second-order valence-electron chi connectivity index (χ2n) is 5.53. The van der Waals surface area contributed by atoms with E-state index in [0.29, 0.717) is 26.1 Å². The van der Waals surface area contributed by atoms with Crippen LogP contribution in [0.2, 0.25) is 0 Å². The molecule has 5 nitrogen and oxygen atoms in total. The van der Waals surface area contributed by atoms with Gasteiger partial charge in [-0.15, -0.1) is 12.4 Å². The molecule has 3 N–H and O–H groups in total. The van der Waals surface area contributed by atoms with Gasteiger partial charge < -0.3 is 16.0 Å². The Hall–Kier alpha value is -1.11. The average Bonchev–Trinajstić information content (AvgIpc) is 2.54. The lowest BCUT2D eigenvalue weighted by Gasteiger charge is -2.32. The van der Waals surface area contributed by atoms with Crippen LogP contribution in [-0.2, 0) is 16.0 Å². The fraction of sp³-hybridized carbons (Fsp3) is 0.500. The summed E-state index contributed by atoms with van der Waals surface area (Å²) in [6.07, 6.45) is 2.05. The van der Waals surface area contributed by atoms with Crippen molar-refractivity contribution >= 4 is 40.2 Å². The van der Waals surface area contributed by atoms with Crippen molar-refractivity contribution in [1.82, 2.24) is 10.2 Å². The minimum Gasteiger partial charge on any atom is -0.355 e. The number of benzene rings is 1. The maximum absolute atomic E-state index is 12.5. The summed E-state index contributed by atoms with van der Waals surface area (Å²) >= 11 is 3.47. The third kappa shape index (κ3) is 5.79. The lowest BCUT2D eigenvalue weighted by molar-refractivity contribution is -0.135. The van der Waals surface area contributed by atoms with E-state index in [-0.39, 0.29) is 30.1 Å². The Bertz CT molecular complexity index is 542. The molecule has 1 aliphatic heterocycles. The van der Waals surface area contributed by atoms with Crippen LogP contribution in [0.25, 0.3) is 0 Å². The minimum absolute atomic E-state index is 0. The highest BCUT2D eigenvalue weighted by atomic mass is 79.9. The van der Waals surface area contributed by atoms with Crippen molar-refractivity contribution in [2.75, 3.05) is 26.2 Å². The van der Waals surface area contributed by atoms with Crippen molar-refractivity contribution in [3.63, 3.8) is 0 Å². The Balaban J connectivity index is 0.00000264. The topological polar surface area (TPSA) is 75.4 Å². The van der Waals surface area contributed by atoms with E-state index >= 15 is 0 Å². The maximum Gasteiger partial charge on any atom is 0.227 e. The van der Waals surface area contributed by atoms with Crippen LogP contribution >= 0.6 is 28.3 Å². The third-order valence-corrected chi connectivity index (χ3v) is 4.66.